The molecule has 0 saturated heterocycles. The van der Waals surface area contributed by atoms with Crippen LogP contribution in [0.4, 0.5) is 0 Å². The Bertz CT molecular complexity index is 311. The SMILES string of the molecule is CCC(C)NC(=O)C1(C(=O)NCCN(C)C)CC1. The predicted octanol–water partition coefficient (Wildman–Crippen LogP) is 0.359. The zero-order valence-corrected chi connectivity index (χ0v) is 11.9. The van der Waals surface area contributed by atoms with Crippen LogP contribution >= 0.6 is 0 Å². The van der Waals surface area contributed by atoms with Crippen LogP contribution in [0, 0.1) is 5.41 Å². The Labute approximate surface area is 109 Å². The first kappa shape index (κ1) is 15.0. The summed E-state index contributed by atoms with van der Waals surface area (Å²) in [4.78, 5) is 26.1. The first-order valence-corrected chi connectivity index (χ1v) is 6.66. The van der Waals surface area contributed by atoms with Crippen LogP contribution in [0.1, 0.15) is 33.1 Å². The van der Waals surface area contributed by atoms with E-state index < -0.39 is 5.41 Å². The predicted molar refractivity (Wildman–Crippen MR) is 71.1 cm³/mol. The summed E-state index contributed by atoms with van der Waals surface area (Å²) in [7, 11) is 3.91. The average molecular weight is 255 g/mol. The highest BCUT2D eigenvalue weighted by atomic mass is 16.2. The number of amides is 2. The molecule has 1 aliphatic rings. The van der Waals surface area contributed by atoms with Gasteiger partial charge in [-0.3, -0.25) is 9.59 Å². The number of nitrogens with zero attached hydrogens (tertiary/aromatic N) is 1. The molecule has 0 aromatic carbocycles. The summed E-state index contributed by atoms with van der Waals surface area (Å²) < 4.78 is 0. The maximum absolute atomic E-state index is 12.1. The fourth-order valence-electron chi connectivity index (χ4n) is 1.71. The normalized spacial score (nSPS) is 18.3. The van der Waals surface area contributed by atoms with Crippen LogP contribution in [0.2, 0.25) is 0 Å². The van der Waals surface area contributed by atoms with Crippen molar-refractivity contribution in [1.82, 2.24) is 15.5 Å². The molecule has 1 aliphatic carbocycles. The number of nitrogens with one attached hydrogen (secondary N) is 2. The molecular weight excluding hydrogens is 230 g/mol. The first-order valence-electron chi connectivity index (χ1n) is 6.66. The molecular formula is C13H25N3O2. The molecule has 5 nitrogen and oxygen atoms in total. The van der Waals surface area contributed by atoms with Crippen LogP contribution in [0.5, 0.6) is 0 Å². The lowest BCUT2D eigenvalue weighted by molar-refractivity contribution is -0.137. The maximum Gasteiger partial charge on any atom is 0.235 e. The van der Waals surface area contributed by atoms with Gasteiger partial charge in [-0.15, -0.1) is 0 Å². The number of carbonyl (C=O) groups excluding carboxylic acids is 2. The molecule has 0 aromatic heterocycles. The van der Waals surface area contributed by atoms with E-state index >= 15 is 0 Å². The second-order valence-corrected chi connectivity index (χ2v) is 5.42. The topological polar surface area (TPSA) is 61.4 Å². The minimum Gasteiger partial charge on any atom is -0.354 e. The molecule has 1 rings (SSSR count). The van der Waals surface area contributed by atoms with Crippen molar-refractivity contribution in [2.45, 2.75) is 39.2 Å². The highest BCUT2D eigenvalue weighted by Gasteiger charge is 2.56. The van der Waals surface area contributed by atoms with Gasteiger partial charge in [0.1, 0.15) is 5.41 Å². The van der Waals surface area contributed by atoms with Gasteiger partial charge in [0.2, 0.25) is 11.8 Å². The number of carbonyl (C=O) groups is 2. The monoisotopic (exact) mass is 255 g/mol. The largest absolute Gasteiger partial charge is 0.354 e. The van der Waals surface area contributed by atoms with Gasteiger partial charge in [-0.2, -0.15) is 0 Å². The Kier molecular flexibility index (Phi) is 5.14. The van der Waals surface area contributed by atoms with E-state index in [1.54, 1.807) is 0 Å². The number of hydrogen-bond acceptors (Lipinski definition) is 3. The minimum absolute atomic E-state index is 0.112. The van der Waals surface area contributed by atoms with Crippen molar-refractivity contribution in [3.63, 3.8) is 0 Å². The van der Waals surface area contributed by atoms with Crippen molar-refractivity contribution < 1.29 is 9.59 Å². The fraction of sp³-hybridized carbons (Fsp3) is 0.846. The first-order chi connectivity index (χ1) is 8.42. The third-order valence-corrected chi connectivity index (χ3v) is 3.45. The molecule has 5 heteroatoms. The Morgan fingerprint density at radius 1 is 1.28 bits per heavy atom. The lowest BCUT2D eigenvalue weighted by Crippen LogP contribution is -2.46. The molecule has 0 heterocycles. The van der Waals surface area contributed by atoms with Crippen LogP contribution in [-0.4, -0.2) is 49.9 Å². The van der Waals surface area contributed by atoms with Crippen molar-refractivity contribution in [3.05, 3.63) is 0 Å². The second-order valence-electron chi connectivity index (χ2n) is 5.42. The van der Waals surface area contributed by atoms with Gasteiger partial charge in [-0.05, 0) is 40.3 Å². The zero-order chi connectivity index (χ0) is 13.8. The summed E-state index contributed by atoms with van der Waals surface area (Å²) in [6.45, 7) is 5.35. The molecule has 104 valence electrons. The highest BCUT2D eigenvalue weighted by Crippen LogP contribution is 2.46. The Balaban J connectivity index is 2.43. The van der Waals surface area contributed by atoms with E-state index in [4.69, 9.17) is 0 Å². The van der Waals surface area contributed by atoms with Gasteiger partial charge in [0.05, 0.1) is 0 Å². The summed E-state index contributed by atoms with van der Waals surface area (Å²) in [5.74, 6) is -0.232. The van der Waals surface area contributed by atoms with E-state index in [2.05, 4.69) is 10.6 Å². The summed E-state index contributed by atoms with van der Waals surface area (Å²) in [6, 6.07) is 0.129. The van der Waals surface area contributed by atoms with Crippen molar-refractivity contribution in [3.8, 4) is 0 Å². The Morgan fingerprint density at radius 3 is 2.33 bits per heavy atom. The molecule has 0 radical (unpaired) electrons. The molecule has 0 bridgehead atoms. The van der Waals surface area contributed by atoms with Gasteiger partial charge in [-0.1, -0.05) is 6.92 Å². The van der Waals surface area contributed by atoms with E-state index in [1.807, 2.05) is 32.8 Å². The van der Waals surface area contributed by atoms with Crippen LogP contribution < -0.4 is 10.6 Å². The minimum atomic E-state index is -0.782. The highest BCUT2D eigenvalue weighted by molar-refractivity contribution is 6.07. The molecule has 0 aromatic rings. The maximum atomic E-state index is 12.1. The van der Waals surface area contributed by atoms with E-state index in [9.17, 15) is 9.59 Å². The van der Waals surface area contributed by atoms with E-state index in [-0.39, 0.29) is 17.9 Å². The number of likely N-dealkylation sites (N-methyl/N-ethyl adjacent to an activating group) is 1. The second kappa shape index (κ2) is 6.18. The van der Waals surface area contributed by atoms with Crippen LogP contribution in [-0.2, 0) is 9.59 Å². The molecule has 1 atom stereocenters. The summed E-state index contributed by atoms with van der Waals surface area (Å²) in [5.41, 5.74) is -0.782. The lowest BCUT2D eigenvalue weighted by Gasteiger charge is -2.19. The molecule has 1 fully saturated rings. The van der Waals surface area contributed by atoms with Gasteiger partial charge in [-0.25, -0.2) is 0 Å². The van der Waals surface area contributed by atoms with Crippen LogP contribution in [0.15, 0.2) is 0 Å². The Morgan fingerprint density at radius 2 is 1.89 bits per heavy atom. The molecule has 2 amide bonds. The lowest BCUT2D eigenvalue weighted by atomic mass is 10.0. The fourth-order valence-corrected chi connectivity index (χ4v) is 1.71. The van der Waals surface area contributed by atoms with Gasteiger partial charge >= 0.3 is 0 Å². The van der Waals surface area contributed by atoms with Gasteiger partial charge in [0, 0.05) is 19.1 Å². The number of rotatable bonds is 7. The molecule has 18 heavy (non-hydrogen) atoms. The van der Waals surface area contributed by atoms with Crippen molar-refractivity contribution in [1.29, 1.82) is 0 Å². The van der Waals surface area contributed by atoms with Crippen molar-refractivity contribution in [2.75, 3.05) is 27.2 Å². The zero-order valence-electron chi connectivity index (χ0n) is 11.9. The molecule has 2 N–H and O–H groups in total. The van der Waals surface area contributed by atoms with Gasteiger partial charge in [0.25, 0.3) is 0 Å². The van der Waals surface area contributed by atoms with E-state index in [0.717, 1.165) is 13.0 Å². The average Bonchev–Trinajstić information content (AvgIpc) is 3.09. The summed E-state index contributed by atoms with van der Waals surface area (Å²) in [5, 5.41) is 5.75. The Hall–Kier alpha value is -1.10. The van der Waals surface area contributed by atoms with Crippen LogP contribution in [0.3, 0.4) is 0 Å². The molecule has 1 saturated carbocycles. The third-order valence-electron chi connectivity index (χ3n) is 3.45. The smallest absolute Gasteiger partial charge is 0.235 e. The van der Waals surface area contributed by atoms with Gasteiger partial charge < -0.3 is 15.5 Å². The van der Waals surface area contributed by atoms with Crippen molar-refractivity contribution >= 4 is 11.8 Å². The molecule has 0 aliphatic heterocycles. The quantitative estimate of drug-likeness (QED) is 0.646. The molecule has 1 unspecified atom stereocenters. The summed E-state index contributed by atoms with van der Waals surface area (Å²) in [6.07, 6.45) is 2.22. The third kappa shape index (κ3) is 3.70. The van der Waals surface area contributed by atoms with E-state index in [1.165, 1.54) is 0 Å². The summed E-state index contributed by atoms with van der Waals surface area (Å²) >= 11 is 0. The van der Waals surface area contributed by atoms with Crippen molar-refractivity contribution in [2.24, 2.45) is 5.41 Å². The van der Waals surface area contributed by atoms with E-state index in [0.29, 0.717) is 19.4 Å². The van der Waals surface area contributed by atoms with Gasteiger partial charge in [0.15, 0.2) is 0 Å². The standard InChI is InChI=1S/C13H25N3O2/c1-5-10(2)15-12(18)13(6-7-13)11(17)14-8-9-16(3)4/h10H,5-9H2,1-4H3,(H,14,17)(H,15,18). The number of hydrogen-bond donors (Lipinski definition) is 2. The van der Waals surface area contributed by atoms with Crippen LogP contribution in [0.25, 0.3) is 0 Å². The molecule has 0 spiro atoms.